The molecule has 1 unspecified atom stereocenters. The molecule has 0 fully saturated rings. The Morgan fingerprint density at radius 3 is 2.70 bits per heavy atom. The molecule has 0 rings (SSSR count). The fraction of sp³-hybridized carbons (Fsp3) is 0.714. The molecule has 3 heteroatoms. The van der Waals surface area contributed by atoms with Gasteiger partial charge in [-0.2, -0.15) is 5.26 Å². The van der Waals surface area contributed by atoms with Crippen LogP contribution in [0.15, 0.2) is 0 Å². The molecule has 1 amide bonds. The van der Waals surface area contributed by atoms with E-state index >= 15 is 0 Å². The number of hydrogen-bond donors (Lipinski definition) is 1. The van der Waals surface area contributed by atoms with Gasteiger partial charge in [0.25, 0.3) is 0 Å². The molecule has 0 aliphatic heterocycles. The van der Waals surface area contributed by atoms with Crippen molar-refractivity contribution in [3.05, 3.63) is 0 Å². The van der Waals surface area contributed by atoms with Crippen LogP contribution >= 0.6 is 0 Å². The average molecular weight is 140 g/mol. The number of rotatable bonds is 3. The Morgan fingerprint density at radius 2 is 2.40 bits per heavy atom. The number of hydrogen-bond acceptors (Lipinski definition) is 2. The van der Waals surface area contributed by atoms with Gasteiger partial charge >= 0.3 is 0 Å². The standard InChI is InChI=1S/C7H12N2O/c1-3-4-6(5-8)7(10)9-2/h6H,3-4H2,1-2H3,(H,9,10). The summed E-state index contributed by atoms with van der Waals surface area (Å²) < 4.78 is 0. The zero-order valence-electron chi connectivity index (χ0n) is 6.35. The van der Waals surface area contributed by atoms with E-state index in [1.165, 1.54) is 0 Å². The van der Waals surface area contributed by atoms with E-state index in [1.54, 1.807) is 7.05 Å². The molecule has 0 aliphatic rings. The van der Waals surface area contributed by atoms with Crippen molar-refractivity contribution in [1.82, 2.24) is 5.32 Å². The molecule has 0 aromatic carbocycles. The lowest BCUT2D eigenvalue weighted by atomic mass is 10.1. The van der Waals surface area contributed by atoms with Crippen LogP contribution in [0.4, 0.5) is 0 Å². The Balaban J connectivity index is 3.84. The highest BCUT2D eigenvalue weighted by Crippen LogP contribution is 2.03. The normalized spacial score (nSPS) is 11.7. The van der Waals surface area contributed by atoms with Crippen LogP contribution in [0.1, 0.15) is 19.8 Å². The topological polar surface area (TPSA) is 52.9 Å². The summed E-state index contributed by atoms with van der Waals surface area (Å²) in [6.07, 6.45) is 1.52. The molecule has 0 saturated heterocycles. The molecule has 56 valence electrons. The highest BCUT2D eigenvalue weighted by atomic mass is 16.1. The minimum absolute atomic E-state index is 0.177. The molecule has 0 radical (unpaired) electrons. The Morgan fingerprint density at radius 1 is 1.80 bits per heavy atom. The fourth-order valence-corrected chi connectivity index (χ4v) is 0.717. The maximum Gasteiger partial charge on any atom is 0.237 e. The number of carbonyl (C=O) groups excluding carboxylic acids is 1. The predicted molar refractivity (Wildman–Crippen MR) is 38.1 cm³/mol. The molecular formula is C7H12N2O. The molecule has 0 aromatic rings. The lowest BCUT2D eigenvalue weighted by Gasteiger charge is -2.03. The number of carbonyl (C=O) groups is 1. The van der Waals surface area contributed by atoms with Crippen molar-refractivity contribution < 1.29 is 4.79 Å². The van der Waals surface area contributed by atoms with Crippen molar-refractivity contribution in [3.63, 3.8) is 0 Å². The molecule has 0 saturated carbocycles. The van der Waals surface area contributed by atoms with Crippen molar-refractivity contribution in [2.75, 3.05) is 7.05 Å². The van der Waals surface area contributed by atoms with E-state index in [-0.39, 0.29) is 5.91 Å². The van der Waals surface area contributed by atoms with Crippen molar-refractivity contribution in [3.8, 4) is 6.07 Å². The van der Waals surface area contributed by atoms with Gasteiger partial charge in [-0.25, -0.2) is 0 Å². The summed E-state index contributed by atoms with van der Waals surface area (Å²) in [7, 11) is 1.54. The van der Waals surface area contributed by atoms with Crippen LogP contribution in [0, 0.1) is 17.2 Å². The van der Waals surface area contributed by atoms with Crippen LogP contribution in [-0.4, -0.2) is 13.0 Å². The molecule has 3 nitrogen and oxygen atoms in total. The van der Waals surface area contributed by atoms with Crippen LogP contribution in [0.25, 0.3) is 0 Å². The van der Waals surface area contributed by atoms with Crippen molar-refractivity contribution in [2.24, 2.45) is 5.92 Å². The third-order valence-corrected chi connectivity index (χ3v) is 1.30. The molecule has 0 bridgehead atoms. The quantitative estimate of drug-likeness (QED) is 0.626. The highest BCUT2D eigenvalue weighted by Gasteiger charge is 2.13. The van der Waals surface area contributed by atoms with E-state index < -0.39 is 5.92 Å². The van der Waals surface area contributed by atoms with E-state index in [4.69, 9.17) is 5.26 Å². The average Bonchev–Trinajstić information content (AvgIpc) is 1.99. The van der Waals surface area contributed by atoms with E-state index in [2.05, 4.69) is 5.32 Å². The molecule has 0 heterocycles. The van der Waals surface area contributed by atoms with Crippen LogP contribution in [0.3, 0.4) is 0 Å². The Kier molecular flexibility index (Phi) is 4.30. The number of nitrogens with zero attached hydrogens (tertiary/aromatic N) is 1. The summed E-state index contributed by atoms with van der Waals surface area (Å²) in [5, 5.41) is 10.9. The number of amides is 1. The summed E-state index contributed by atoms with van der Waals surface area (Å²) in [5.41, 5.74) is 0. The summed E-state index contributed by atoms with van der Waals surface area (Å²) in [4.78, 5) is 10.8. The largest absolute Gasteiger partial charge is 0.358 e. The van der Waals surface area contributed by atoms with Gasteiger partial charge in [0.15, 0.2) is 0 Å². The second kappa shape index (κ2) is 4.80. The van der Waals surface area contributed by atoms with Gasteiger partial charge in [0.05, 0.1) is 6.07 Å². The summed E-state index contributed by atoms with van der Waals surface area (Å²) >= 11 is 0. The Labute approximate surface area is 61.0 Å². The third-order valence-electron chi connectivity index (χ3n) is 1.30. The number of nitrogens with one attached hydrogen (secondary N) is 1. The van der Waals surface area contributed by atoms with Gasteiger partial charge < -0.3 is 5.32 Å². The van der Waals surface area contributed by atoms with Gasteiger partial charge in [-0.15, -0.1) is 0 Å². The zero-order valence-corrected chi connectivity index (χ0v) is 6.35. The number of nitriles is 1. The maximum atomic E-state index is 10.8. The molecule has 0 spiro atoms. The minimum atomic E-state index is -0.463. The van der Waals surface area contributed by atoms with Gasteiger partial charge in [0, 0.05) is 7.05 Å². The van der Waals surface area contributed by atoms with Crippen LogP contribution in [0.5, 0.6) is 0 Å². The van der Waals surface area contributed by atoms with E-state index in [0.717, 1.165) is 6.42 Å². The maximum absolute atomic E-state index is 10.8. The molecule has 1 N–H and O–H groups in total. The van der Waals surface area contributed by atoms with E-state index in [9.17, 15) is 4.79 Å². The first-order valence-electron chi connectivity index (χ1n) is 3.37. The van der Waals surface area contributed by atoms with Crippen molar-refractivity contribution in [2.45, 2.75) is 19.8 Å². The monoisotopic (exact) mass is 140 g/mol. The Bertz CT molecular complexity index is 148. The van der Waals surface area contributed by atoms with Crippen LogP contribution in [0.2, 0.25) is 0 Å². The second-order valence-corrected chi connectivity index (χ2v) is 2.08. The smallest absolute Gasteiger partial charge is 0.237 e. The molecule has 0 aromatic heterocycles. The molecular weight excluding hydrogens is 128 g/mol. The summed E-state index contributed by atoms with van der Waals surface area (Å²) in [5.74, 6) is -0.639. The first kappa shape index (κ1) is 8.96. The predicted octanol–water partition coefficient (Wildman–Crippen LogP) is 0.672. The van der Waals surface area contributed by atoms with Gasteiger partial charge in [-0.1, -0.05) is 13.3 Å². The van der Waals surface area contributed by atoms with Crippen molar-refractivity contribution in [1.29, 1.82) is 5.26 Å². The zero-order chi connectivity index (χ0) is 7.98. The van der Waals surface area contributed by atoms with Gasteiger partial charge in [0.1, 0.15) is 5.92 Å². The SMILES string of the molecule is CCCC(C#N)C(=O)NC. The Hall–Kier alpha value is -1.04. The first-order valence-corrected chi connectivity index (χ1v) is 3.37. The van der Waals surface area contributed by atoms with Crippen molar-refractivity contribution >= 4 is 5.91 Å². The minimum Gasteiger partial charge on any atom is -0.358 e. The van der Waals surface area contributed by atoms with E-state index in [1.807, 2.05) is 13.0 Å². The lowest BCUT2D eigenvalue weighted by molar-refractivity contribution is -0.123. The van der Waals surface area contributed by atoms with Crippen LogP contribution < -0.4 is 5.32 Å². The van der Waals surface area contributed by atoms with Crippen LogP contribution in [-0.2, 0) is 4.79 Å². The third kappa shape index (κ3) is 2.49. The molecule has 1 atom stereocenters. The molecule has 0 aliphatic carbocycles. The highest BCUT2D eigenvalue weighted by molar-refractivity contribution is 5.80. The van der Waals surface area contributed by atoms with Gasteiger partial charge in [-0.3, -0.25) is 4.79 Å². The molecule has 10 heavy (non-hydrogen) atoms. The van der Waals surface area contributed by atoms with E-state index in [0.29, 0.717) is 6.42 Å². The summed E-state index contributed by atoms with van der Waals surface area (Å²) in [6.45, 7) is 1.95. The summed E-state index contributed by atoms with van der Waals surface area (Å²) in [6, 6.07) is 1.94. The second-order valence-electron chi connectivity index (χ2n) is 2.08. The first-order chi connectivity index (χ1) is 4.76. The lowest BCUT2D eigenvalue weighted by Crippen LogP contribution is -2.26. The fourth-order valence-electron chi connectivity index (χ4n) is 0.717. The van der Waals surface area contributed by atoms with Gasteiger partial charge in [0.2, 0.25) is 5.91 Å². The van der Waals surface area contributed by atoms with Gasteiger partial charge in [-0.05, 0) is 6.42 Å².